The number of carbonyl (C=O) groups excluding carboxylic acids is 2. The van der Waals surface area contributed by atoms with Gasteiger partial charge in [-0.15, -0.1) is 0 Å². The van der Waals surface area contributed by atoms with Gasteiger partial charge >= 0.3 is 5.97 Å². The average Bonchev–Trinajstić information content (AvgIpc) is 3.32. The summed E-state index contributed by atoms with van der Waals surface area (Å²) in [7, 11) is 0. The number of nitriles is 1. The maximum Gasteiger partial charge on any atom is 0.310 e. The molecule has 0 aliphatic heterocycles. The van der Waals surface area contributed by atoms with Gasteiger partial charge in [-0.3, -0.25) is 9.59 Å². The van der Waals surface area contributed by atoms with Gasteiger partial charge in [0.2, 0.25) is 0 Å². The van der Waals surface area contributed by atoms with Crippen molar-refractivity contribution in [1.29, 1.82) is 5.26 Å². The summed E-state index contributed by atoms with van der Waals surface area (Å²) in [4.78, 5) is 24.5. The van der Waals surface area contributed by atoms with Crippen LogP contribution in [0.3, 0.4) is 0 Å². The molecule has 0 spiro atoms. The van der Waals surface area contributed by atoms with Gasteiger partial charge < -0.3 is 19.0 Å². The van der Waals surface area contributed by atoms with Crippen LogP contribution in [0.1, 0.15) is 28.1 Å². The highest BCUT2D eigenvalue weighted by Gasteiger charge is 2.21. The molecule has 9 heteroatoms. The Morgan fingerprint density at radius 1 is 1.23 bits per heavy atom. The van der Waals surface area contributed by atoms with Crippen molar-refractivity contribution in [2.45, 2.75) is 26.8 Å². The van der Waals surface area contributed by atoms with Gasteiger partial charge in [0.1, 0.15) is 17.6 Å². The number of esters is 1. The molecule has 0 fully saturated rings. The van der Waals surface area contributed by atoms with Crippen molar-refractivity contribution in [1.82, 2.24) is 4.57 Å². The number of aromatic nitrogens is 1. The highest BCUT2D eigenvalue weighted by atomic mass is 35.5. The number of nitrogens with zero attached hydrogens (tertiary/aromatic N) is 2. The number of rotatable bonds is 7. The molecule has 0 radical (unpaired) electrons. The molecule has 7 nitrogen and oxygen atoms in total. The number of anilines is 1. The van der Waals surface area contributed by atoms with E-state index in [0.29, 0.717) is 39.3 Å². The van der Waals surface area contributed by atoms with Crippen LogP contribution in [0, 0.1) is 25.2 Å². The first kappa shape index (κ1) is 22.5. The summed E-state index contributed by atoms with van der Waals surface area (Å²) in [6.45, 7) is 3.51. The van der Waals surface area contributed by atoms with Crippen molar-refractivity contribution in [3.05, 3.63) is 74.8 Å². The van der Waals surface area contributed by atoms with Crippen LogP contribution < -0.4 is 5.32 Å². The summed E-state index contributed by atoms with van der Waals surface area (Å²) in [6.07, 6.45) is 1.50. The standard InChI is InChI=1S/C22H19Cl2N3O4/c1-13-14(2)27(11-16-4-3-7-30-16)22(17(13)10-25)26-20(28)12-31-21(29)9-15-5-6-18(23)19(24)8-15/h3-8H,9,11-12H2,1-2H3,(H,26,28). The lowest BCUT2D eigenvalue weighted by atomic mass is 10.1. The van der Waals surface area contributed by atoms with Crippen molar-refractivity contribution in [2.24, 2.45) is 0 Å². The topological polar surface area (TPSA) is 97.3 Å². The molecular weight excluding hydrogens is 441 g/mol. The number of furan rings is 1. The summed E-state index contributed by atoms with van der Waals surface area (Å²) in [5.74, 6) is -0.143. The molecule has 3 aromatic rings. The van der Waals surface area contributed by atoms with E-state index in [9.17, 15) is 14.9 Å². The van der Waals surface area contributed by atoms with Crippen molar-refractivity contribution in [2.75, 3.05) is 11.9 Å². The highest BCUT2D eigenvalue weighted by molar-refractivity contribution is 6.42. The van der Waals surface area contributed by atoms with Crippen LogP contribution in [-0.2, 0) is 27.3 Å². The van der Waals surface area contributed by atoms with Crippen LogP contribution in [0.2, 0.25) is 10.0 Å². The molecule has 1 amide bonds. The molecule has 0 aliphatic carbocycles. The number of hydrogen-bond donors (Lipinski definition) is 1. The van der Waals surface area contributed by atoms with Crippen LogP contribution >= 0.6 is 23.2 Å². The van der Waals surface area contributed by atoms with Gasteiger partial charge in [0.25, 0.3) is 5.91 Å². The van der Waals surface area contributed by atoms with Gasteiger partial charge in [0.15, 0.2) is 6.61 Å². The minimum absolute atomic E-state index is 0.0549. The largest absolute Gasteiger partial charge is 0.467 e. The van der Waals surface area contributed by atoms with E-state index >= 15 is 0 Å². The Kier molecular flexibility index (Phi) is 7.06. The fourth-order valence-corrected chi connectivity index (χ4v) is 3.39. The second kappa shape index (κ2) is 9.73. The molecule has 1 aromatic carbocycles. The Balaban J connectivity index is 1.67. The number of nitrogens with one attached hydrogen (secondary N) is 1. The maximum absolute atomic E-state index is 12.4. The number of hydrogen-bond acceptors (Lipinski definition) is 5. The molecule has 3 rings (SSSR count). The SMILES string of the molecule is Cc1c(C#N)c(NC(=O)COC(=O)Cc2ccc(Cl)c(Cl)c2)n(Cc2ccco2)c1C. The lowest BCUT2D eigenvalue weighted by molar-refractivity contribution is -0.146. The van der Waals surface area contributed by atoms with Crippen molar-refractivity contribution < 1.29 is 18.7 Å². The zero-order valence-electron chi connectivity index (χ0n) is 16.9. The minimum Gasteiger partial charge on any atom is -0.467 e. The van der Waals surface area contributed by atoms with Crippen molar-refractivity contribution >= 4 is 40.9 Å². The van der Waals surface area contributed by atoms with Gasteiger partial charge in [0, 0.05) is 5.69 Å². The van der Waals surface area contributed by atoms with Gasteiger partial charge in [-0.05, 0) is 49.2 Å². The fraction of sp³-hybridized carbons (Fsp3) is 0.227. The van der Waals surface area contributed by atoms with E-state index in [4.69, 9.17) is 32.4 Å². The number of halogens is 2. The Morgan fingerprint density at radius 3 is 2.65 bits per heavy atom. The molecule has 31 heavy (non-hydrogen) atoms. The van der Waals surface area contributed by atoms with Crippen molar-refractivity contribution in [3.8, 4) is 6.07 Å². The number of benzene rings is 1. The molecule has 0 bridgehead atoms. The summed E-state index contributed by atoms with van der Waals surface area (Å²) >= 11 is 11.8. The van der Waals surface area contributed by atoms with Crippen LogP contribution in [0.15, 0.2) is 41.0 Å². The molecule has 0 saturated carbocycles. The van der Waals surface area contributed by atoms with Gasteiger partial charge in [-0.25, -0.2) is 0 Å². The van der Waals surface area contributed by atoms with Crippen LogP contribution in [0.5, 0.6) is 0 Å². The van der Waals surface area contributed by atoms with Gasteiger partial charge in [-0.2, -0.15) is 5.26 Å². The zero-order chi connectivity index (χ0) is 22.5. The second-order valence-corrected chi connectivity index (χ2v) is 7.66. The number of carbonyl (C=O) groups is 2. The molecule has 160 valence electrons. The number of ether oxygens (including phenoxy) is 1. The first-order valence-electron chi connectivity index (χ1n) is 9.31. The Hall–Kier alpha value is -3.21. The fourth-order valence-electron chi connectivity index (χ4n) is 3.07. The summed E-state index contributed by atoms with van der Waals surface area (Å²) in [5, 5.41) is 13.0. The highest BCUT2D eigenvalue weighted by Crippen LogP contribution is 2.27. The smallest absolute Gasteiger partial charge is 0.310 e. The quantitative estimate of drug-likeness (QED) is 0.518. The molecule has 2 aromatic heterocycles. The molecule has 0 unspecified atom stereocenters. The molecule has 1 N–H and O–H groups in total. The summed E-state index contributed by atoms with van der Waals surface area (Å²) in [6, 6.07) is 10.5. The Morgan fingerprint density at radius 2 is 2.00 bits per heavy atom. The summed E-state index contributed by atoms with van der Waals surface area (Å²) in [5.41, 5.74) is 2.53. The van der Waals surface area contributed by atoms with E-state index in [1.165, 1.54) is 0 Å². The predicted molar refractivity (Wildman–Crippen MR) is 116 cm³/mol. The predicted octanol–water partition coefficient (Wildman–Crippen LogP) is 4.65. The monoisotopic (exact) mass is 459 g/mol. The van der Waals surface area contributed by atoms with Gasteiger partial charge in [-0.1, -0.05) is 29.3 Å². The molecule has 2 heterocycles. The average molecular weight is 460 g/mol. The Bertz CT molecular complexity index is 1160. The minimum atomic E-state index is -0.590. The third-order valence-corrected chi connectivity index (χ3v) is 5.53. The summed E-state index contributed by atoms with van der Waals surface area (Å²) < 4.78 is 12.2. The molecule has 0 atom stereocenters. The first-order chi connectivity index (χ1) is 14.8. The lowest BCUT2D eigenvalue weighted by Gasteiger charge is -2.12. The Labute approximate surface area is 189 Å². The van der Waals surface area contributed by atoms with Crippen LogP contribution in [0.25, 0.3) is 0 Å². The first-order valence-corrected chi connectivity index (χ1v) is 10.1. The van der Waals surface area contributed by atoms with E-state index in [0.717, 1.165) is 11.3 Å². The lowest BCUT2D eigenvalue weighted by Crippen LogP contribution is -2.23. The molecular formula is C22H19Cl2N3O4. The third kappa shape index (κ3) is 5.29. The second-order valence-electron chi connectivity index (χ2n) is 6.85. The molecule has 0 saturated heterocycles. The van der Waals surface area contributed by atoms with E-state index in [1.807, 2.05) is 6.92 Å². The van der Waals surface area contributed by atoms with E-state index in [-0.39, 0.29) is 6.42 Å². The normalized spacial score (nSPS) is 10.5. The zero-order valence-corrected chi connectivity index (χ0v) is 18.4. The third-order valence-electron chi connectivity index (χ3n) is 4.79. The van der Waals surface area contributed by atoms with Crippen LogP contribution in [0.4, 0.5) is 5.82 Å². The van der Waals surface area contributed by atoms with E-state index in [1.54, 1.807) is 48.1 Å². The van der Waals surface area contributed by atoms with Crippen molar-refractivity contribution in [3.63, 3.8) is 0 Å². The maximum atomic E-state index is 12.4. The molecule has 0 aliphatic rings. The number of amides is 1. The van der Waals surface area contributed by atoms with E-state index in [2.05, 4.69) is 11.4 Å². The van der Waals surface area contributed by atoms with Crippen LogP contribution in [-0.4, -0.2) is 23.1 Å². The van der Waals surface area contributed by atoms with E-state index < -0.39 is 18.5 Å². The van der Waals surface area contributed by atoms with Gasteiger partial charge in [0.05, 0.1) is 34.8 Å².